The maximum Gasteiger partial charge on any atom is 0.410 e. The minimum absolute atomic E-state index is 0.195. The van der Waals surface area contributed by atoms with Crippen LogP contribution in [-0.4, -0.2) is 35.6 Å². The summed E-state index contributed by atoms with van der Waals surface area (Å²) in [5.41, 5.74) is 1.58. The van der Waals surface area contributed by atoms with Gasteiger partial charge in [-0.15, -0.1) is 0 Å². The molecule has 1 aromatic rings. The Hall–Kier alpha value is -1.16. The van der Waals surface area contributed by atoms with Crippen molar-refractivity contribution in [1.29, 1.82) is 0 Å². The van der Waals surface area contributed by atoms with Crippen molar-refractivity contribution in [3.05, 3.63) is 35.9 Å². The number of amides is 1. The molecular weight excluding hydrogens is 282 g/mol. The lowest BCUT2D eigenvalue weighted by Crippen LogP contribution is -2.57. The molecule has 0 N–H and O–H groups in total. The third-order valence-corrected chi connectivity index (χ3v) is 6.03. The van der Waals surface area contributed by atoms with E-state index in [0.717, 1.165) is 23.7 Å². The molecule has 0 aliphatic heterocycles. The maximum atomic E-state index is 12.1. The van der Waals surface area contributed by atoms with Gasteiger partial charge >= 0.3 is 6.09 Å². The number of rotatable bonds is 4. The van der Waals surface area contributed by atoms with Crippen LogP contribution < -0.4 is 0 Å². The van der Waals surface area contributed by atoms with Crippen molar-refractivity contribution < 1.29 is 9.53 Å². The molecule has 2 aliphatic rings. The average Bonchev–Trinajstić information content (AvgIpc) is 2.43. The van der Waals surface area contributed by atoms with Crippen molar-refractivity contribution in [3.63, 3.8) is 0 Å². The van der Waals surface area contributed by atoms with E-state index in [-0.39, 0.29) is 6.09 Å². The van der Waals surface area contributed by atoms with Gasteiger partial charge in [-0.1, -0.05) is 30.3 Å². The first-order valence-electron chi connectivity index (χ1n) is 7.58. The molecule has 1 spiro atoms. The zero-order chi connectivity index (χ0) is 14.9. The van der Waals surface area contributed by atoms with E-state index in [2.05, 4.69) is 6.26 Å². The van der Waals surface area contributed by atoms with E-state index >= 15 is 0 Å². The average molecular weight is 305 g/mol. The molecule has 0 saturated heterocycles. The van der Waals surface area contributed by atoms with Crippen LogP contribution in [0.15, 0.2) is 30.3 Å². The number of thioether (sulfide) groups is 1. The zero-order valence-electron chi connectivity index (χ0n) is 12.7. The van der Waals surface area contributed by atoms with Gasteiger partial charge in [0.05, 0.1) is 0 Å². The van der Waals surface area contributed by atoms with Gasteiger partial charge in [0.2, 0.25) is 0 Å². The van der Waals surface area contributed by atoms with Gasteiger partial charge in [-0.25, -0.2) is 4.79 Å². The van der Waals surface area contributed by atoms with Crippen molar-refractivity contribution in [1.82, 2.24) is 4.90 Å². The Morgan fingerprint density at radius 2 is 1.95 bits per heavy atom. The monoisotopic (exact) mass is 305 g/mol. The molecule has 0 heterocycles. The highest BCUT2D eigenvalue weighted by Crippen LogP contribution is 2.59. The fourth-order valence-corrected chi connectivity index (χ4v) is 4.63. The quantitative estimate of drug-likeness (QED) is 0.844. The molecule has 2 saturated carbocycles. The van der Waals surface area contributed by atoms with Gasteiger partial charge in [-0.2, -0.15) is 11.8 Å². The van der Waals surface area contributed by atoms with E-state index in [9.17, 15) is 4.79 Å². The molecule has 4 heteroatoms. The lowest BCUT2D eigenvalue weighted by Gasteiger charge is -2.59. The number of hydrogen-bond acceptors (Lipinski definition) is 3. The minimum Gasteiger partial charge on any atom is -0.445 e. The minimum atomic E-state index is -0.195. The van der Waals surface area contributed by atoms with Crippen LogP contribution in [0.2, 0.25) is 0 Å². The van der Waals surface area contributed by atoms with Gasteiger partial charge in [0.1, 0.15) is 6.61 Å². The van der Waals surface area contributed by atoms with Crippen molar-refractivity contribution in [3.8, 4) is 0 Å². The molecule has 0 unspecified atom stereocenters. The number of ether oxygens (including phenoxy) is 1. The predicted octanol–water partition coefficient (Wildman–Crippen LogP) is 3.93. The summed E-state index contributed by atoms with van der Waals surface area (Å²) >= 11 is 1.98. The molecule has 2 aliphatic carbocycles. The molecule has 1 aromatic carbocycles. The SMILES string of the molecule is CSC1CC2(C1)CC(N(C)C(=O)OCc1ccccc1)C2. The van der Waals surface area contributed by atoms with Crippen LogP contribution in [-0.2, 0) is 11.3 Å². The lowest BCUT2D eigenvalue weighted by atomic mass is 9.53. The third-order valence-electron chi connectivity index (χ3n) is 5.03. The van der Waals surface area contributed by atoms with E-state index in [0.29, 0.717) is 18.1 Å². The highest BCUT2D eigenvalue weighted by Gasteiger charge is 2.54. The summed E-state index contributed by atoms with van der Waals surface area (Å²) in [6, 6.07) is 10.2. The number of nitrogens with zero attached hydrogens (tertiary/aromatic N) is 1. The molecule has 114 valence electrons. The van der Waals surface area contributed by atoms with E-state index < -0.39 is 0 Å². The standard InChI is InChI=1S/C17H23NO2S/c1-18(14-8-17(9-14)10-15(11-17)21-2)16(19)20-12-13-6-4-3-5-7-13/h3-7,14-15H,8-12H2,1-2H3. The molecule has 0 atom stereocenters. The Balaban J connectivity index is 1.42. The lowest BCUT2D eigenvalue weighted by molar-refractivity contribution is -0.0403. The Bertz CT molecular complexity index is 491. The van der Waals surface area contributed by atoms with Gasteiger partial charge in [0.25, 0.3) is 0 Å². The molecule has 0 aromatic heterocycles. The number of carbonyl (C=O) groups is 1. The van der Waals surface area contributed by atoms with Crippen LogP contribution in [0.4, 0.5) is 4.79 Å². The summed E-state index contributed by atoms with van der Waals surface area (Å²) in [4.78, 5) is 13.9. The van der Waals surface area contributed by atoms with Crippen LogP contribution >= 0.6 is 11.8 Å². The molecule has 0 bridgehead atoms. The highest BCUT2D eigenvalue weighted by atomic mass is 32.2. The highest BCUT2D eigenvalue weighted by molar-refractivity contribution is 7.99. The zero-order valence-corrected chi connectivity index (χ0v) is 13.6. The van der Waals surface area contributed by atoms with E-state index in [1.807, 2.05) is 49.1 Å². The molecule has 21 heavy (non-hydrogen) atoms. The third kappa shape index (κ3) is 3.05. The molecule has 3 nitrogen and oxygen atoms in total. The van der Waals surface area contributed by atoms with Crippen LogP contribution in [0.5, 0.6) is 0 Å². The molecule has 3 rings (SSSR count). The largest absolute Gasteiger partial charge is 0.445 e. The van der Waals surface area contributed by atoms with E-state index in [4.69, 9.17) is 4.74 Å². The van der Waals surface area contributed by atoms with Crippen molar-refractivity contribution in [2.45, 2.75) is 43.6 Å². The number of carbonyl (C=O) groups excluding carboxylic acids is 1. The molecule has 1 amide bonds. The predicted molar refractivity (Wildman–Crippen MR) is 86.4 cm³/mol. The van der Waals surface area contributed by atoms with E-state index in [1.165, 1.54) is 12.8 Å². The van der Waals surface area contributed by atoms with Crippen molar-refractivity contribution in [2.75, 3.05) is 13.3 Å². The van der Waals surface area contributed by atoms with Crippen LogP contribution in [0, 0.1) is 5.41 Å². The normalized spacial score (nSPS) is 30.4. The second-order valence-electron chi connectivity index (χ2n) is 6.48. The maximum absolute atomic E-state index is 12.1. The van der Waals surface area contributed by atoms with Gasteiger partial charge in [0, 0.05) is 18.3 Å². The van der Waals surface area contributed by atoms with Gasteiger partial charge < -0.3 is 9.64 Å². The van der Waals surface area contributed by atoms with Crippen LogP contribution in [0.1, 0.15) is 31.2 Å². The first-order chi connectivity index (χ1) is 10.1. The summed E-state index contributed by atoms with van der Waals surface area (Å²) in [5.74, 6) is 0. The summed E-state index contributed by atoms with van der Waals surface area (Å²) in [5, 5.41) is 0.848. The first-order valence-corrected chi connectivity index (χ1v) is 8.87. The van der Waals surface area contributed by atoms with Gasteiger partial charge in [-0.3, -0.25) is 0 Å². The number of hydrogen-bond donors (Lipinski definition) is 0. The summed E-state index contributed by atoms with van der Waals surface area (Å²) in [6.07, 6.45) is 6.97. The topological polar surface area (TPSA) is 29.5 Å². The smallest absolute Gasteiger partial charge is 0.410 e. The summed E-state index contributed by atoms with van der Waals surface area (Å²) in [6.45, 7) is 0.358. The van der Waals surface area contributed by atoms with Crippen molar-refractivity contribution >= 4 is 17.9 Å². The Morgan fingerprint density at radius 3 is 2.57 bits per heavy atom. The Kier molecular flexibility index (Phi) is 4.16. The van der Waals surface area contributed by atoms with Gasteiger partial charge in [-0.05, 0) is 42.9 Å². The fraction of sp³-hybridized carbons (Fsp3) is 0.588. The fourth-order valence-electron chi connectivity index (χ4n) is 3.59. The number of benzene rings is 1. The Labute approximate surface area is 131 Å². The molecular formula is C17H23NO2S. The van der Waals surface area contributed by atoms with Crippen LogP contribution in [0.25, 0.3) is 0 Å². The second-order valence-corrected chi connectivity index (χ2v) is 7.62. The van der Waals surface area contributed by atoms with Gasteiger partial charge in [0.15, 0.2) is 0 Å². The Morgan fingerprint density at radius 1 is 1.29 bits per heavy atom. The van der Waals surface area contributed by atoms with Crippen molar-refractivity contribution in [2.24, 2.45) is 5.41 Å². The molecule has 0 radical (unpaired) electrons. The molecule has 2 fully saturated rings. The second kappa shape index (κ2) is 5.91. The summed E-state index contributed by atoms with van der Waals surface area (Å²) in [7, 11) is 1.87. The summed E-state index contributed by atoms with van der Waals surface area (Å²) < 4.78 is 5.39. The first kappa shape index (κ1) is 14.8. The van der Waals surface area contributed by atoms with E-state index in [1.54, 1.807) is 4.90 Å². The van der Waals surface area contributed by atoms with Crippen LogP contribution in [0.3, 0.4) is 0 Å².